The topological polar surface area (TPSA) is 84.5 Å². The second-order valence-corrected chi connectivity index (χ2v) is 8.75. The Labute approximate surface area is 166 Å². The highest BCUT2D eigenvalue weighted by atomic mass is 32.2. The van der Waals surface area contributed by atoms with Crippen molar-refractivity contribution in [2.75, 3.05) is 13.2 Å². The molecule has 150 valence electrons. The Bertz CT molecular complexity index is 876. The molecule has 1 saturated heterocycles. The summed E-state index contributed by atoms with van der Waals surface area (Å²) in [6.45, 7) is 3.07. The number of carbonyl (C=O) groups is 1. The van der Waals surface area contributed by atoms with Gasteiger partial charge in [0.1, 0.15) is 0 Å². The fourth-order valence-corrected chi connectivity index (χ4v) is 4.40. The predicted octanol–water partition coefficient (Wildman–Crippen LogP) is 2.70. The number of sulfonamides is 1. The molecule has 0 aliphatic carbocycles. The van der Waals surface area contributed by atoms with Gasteiger partial charge in [-0.3, -0.25) is 4.79 Å². The third-order valence-corrected chi connectivity index (χ3v) is 6.26. The Morgan fingerprint density at radius 2 is 1.86 bits per heavy atom. The molecule has 0 unspecified atom stereocenters. The largest absolute Gasteiger partial charge is 0.376 e. The van der Waals surface area contributed by atoms with Gasteiger partial charge in [0.25, 0.3) is 0 Å². The van der Waals surface area contributed by atoms with Crippen molar-refractivity contribution in [3.63, 3.8) is 0 Å². The molecule has 2 N–H and O–H groups in total. The first-order valence-electron chi connectivity index (χ1n) is 9.46. The molecule has 0 bridgehead atoms. The third kappa shape index (κ3) is 5.64. The van der Waals surface area contributed by atoms with Crippen LogP contribution >= 0.6 is 0 Å². The van der Waals surface area contributed by atoms with Crippen LogP contribution < -0.4 is 10.0 Å². The summed E-state index contributed by atoms with van der Waals surface area (Å²) >= 11 is 0. The maximum absolute atomic E-state index is 12.8. The third-order valence-electron chi connectivity index (χ3n) is 4.77. The summed E-state index contributed by atoms with van der Waals surface area (Å²) < 4.78 is 33.8. The molecule has 1 fully saturated rings. The molecule has 0 saturated carbocycles. The number of carbonyl (C=O) groups excluding carboxylic acids is 1. The minimum atomic E-state index is -3.76. The molecule has 7 heteroatoms. The van der Waals surface area contributed by atoms with Crippen LogP contribution in [0.15, 0.2) is 59.5 Å². The van der Waals surface area contributed by atoms with E-state index in [0.717, 1.165) is 30.6 Å². The zero-order chi connectivity index (χ0) is 20.0. The van der Waals surface area contributed by atoms with E-state index in [0.29, 0.717) is 6.54 Å². The Balaban J connectivity index is 1.71. The second kappa shape index (κ2) is 9.32. The molecule has 28 heavy (non-hydrogen) atoms. The van der Waals surface area contributed by atoms with E-state index in [1.807, 2.05) is 37.3 Å². The summed E-state index contributed by atoms with van der Waals surface area (Å²) in [5.41, 5.74) is 1.72. The SMILES string of the molecule is Cc1ccc(S(=O)(=O)N[C@@H](CC(=O)NC[C@@H]2CCCO2)c2ccccc2)cc1. The normalized spacial score (nSPS) is 18.0. The predicted molar refractivity (Wildman–Crippen MR) is 107 cm³/mol. The maximum Gasteiger partial charge on any atom is 0.241 e. The van der Waals surface area contributed by atoms with Crippen molar-refractivity contribution in [3.05, 3.63) is 65.7 Å². The molecular weight excluding hydrogens is 376 g/mol. The van der Waals surface area contributed by atoms with Gasteiger partial charge in [0, 0.05) is 19.6 Å². The summed E-state index contributed by atoms with van der Waals surface area (Å²) in [4.78, 5) is 12.6. The molecule has 2 atom stereocenters. The monoisotopic (exact) mass is 402 g/mol. The molecule has 2 aromatic rings. The first-order chi connectivity index (χ1) is 13.4. The van der Waals surface area contributed by atoms with Crippen molar-refractivity contribution in [1.82, 2.24) is 10.0 Å². The number of amides is 1. The summed E-state index contributed by atoms with van der Waals surface area (Å²) in [6.07, 6.45) is 2.00. The van der Waals surface area contributed by atoms with Gasteiger partial charge >= 0.3 is 0 Å². The van der Waals surface area contributed by atoms with Gasteiger partial charge in [0.15, 0.2) is 0 Å². The molecule has 1 aliphatic heterocycles. The number of benzene rings is 2. The Morgan fingerprint density at radius 3 is 2.50 bits per heavy atom. The van der Waals surface area contributed by atoms with Crippen LogP contribution in [0.5, 0.6) is 0 Å². The fraction of sp³-hybridized carbons (Fsp3) is 0.381. The molecule has 0 spiro atoms. The van der Waals surface area contributed by atoms with E-state index in [1.165, 1.54) is 0 Å². The molecule has 6 nitrogen and oxygen atoms in total. The van der Waals surface area contributed by atoms with Crippen molar-refractivity contribution < 1.29 is 17.9 Å². The smallest absolute Gasteiger partial charge is 0.241 e. The summed E-state index contributed by atoms with van der Waals surface area (Å²) in [7, 11) is -3.76. The molecule has 0 aromatic heterocycles. The lowest BCUT2D eigenvalue weighted by molar-refractivity contribution is -0.122. The molecule has 1 amide bonds. The molecule has 2 aromatic carbocycles. The molecule has 1 aliphatic rings. The van der Waals surface area contributed by atoms with Gasteiger partial charge in [-0.25, -0.2) is 13.1 Å². The number of rotatable bonds is 8. The molecular formula is C21H26N2O4S. The lowest BCUT2D eigenvalue weighted by Crippen LogP contribution is -2.36. The van der Waals surface area contributed by atoms with Gasteiger partial charge in [0.2, 0.25) is 15.9 Å². The van der Waals surface area contributed by atoms with Gasteiger partial charge < -0.3 is 10.1 Å². The van der Waals surface area contributed by atoms with Crippen LogP contribution in [-0.4, -0.2) is 33.6 Å². The van der Waals surface area contributed by atoms with Crippen LogP contribution in [0.2, 0.25) is 0 Å². The molecule has 1 heterocycles. The van der Waals surface area contributed by atoms with E-state index >= 15 is 0 Å². The average molecular weight is 403 g/mol. The van der Waals surface area contributed by atoms with Crippen LogP contribution in [0.4, 0.5) is 0 Å². The van der Waals surface area contributed by atoms with E-state index in [9.17, 15) is 13.2 Å². The first kappa shape index (κ1) is 20.5. The van der Waals surface area contributed by atoms with Crippen LogP contribution in [0, 0.1) is 6.92 Å². The summed E-state index contributed by atoms with van der Waals surface area (Å²) in [5.74, 6) is -0.212. The van der Waals surface area contributed by atoms with E-state index in [1.54, 1.807) is 24.3 Å². The van der Waals surface area contributed by atoms with Crippen molar-refractivity contribution in [3.8, 4) is 0 Å². The Hall–Kier alpha value is -2.22. The first-order valence-corrected chi connectivity index (χ1v) is 10.9. The van der Waals surface area contributed by atoms with Crippen molar-refractivity contribution in [2.45, 2.75) is 43.2 Å². The number of ether oxygens (including phenoxy) is 1. The maximum atomic E-state index is 12.8. The number of hydrogen-bond acceptors (Lipinski definition) is 4. The fourth-order valence-electron chi connectivity index (χ4n) is 3.18. The van der Waals surface area contributed by atoms with E-state index in [-0.39, 0.29) is 23.3 Å². The van der Waals surface area contributed by atoms with Gasteiger partial charge in [-0.2, -0.15) is 0 Å². The van der Waals surface area contributed by atoms with E-state index < -0.39 is 16.1 Å². The number of aryl methyl sites for hydroxylation is 1. The summed E-state index contributed by atoms with van der Waals surface area (Å²) in [5, 5.41) is 2.86. The standard InChI is InChI=1S/C21H26N2O4S/c1-16-9-11-19(12-10-16)28(25,26)23-20(17-6-3-2-4-7-17)14-21(24)22-15-18-8-5-13-27-18/h2-4,6-7,9-12,18,20,23H,5,8,13-15H2,1H3,(H,22,24)/t18-,20-/m0/s1. The van der Waals surface area contributed by atoms with Crippen LogP contribution in [0.25, 0.3) is 0 Å². The zero-order valence-electron chi connectivity index (χ0n) is 15.9. The quantitative estimate of drug-likeness (QED) is 0.711. The number of hydrogen-bond donors (Lipinski definition) is 2. The Morgan fingerprint density at radius 1 is 1.14 bits per heavy atom. The van der Waals surface area contributed by atoms with Gasteiger partial charge in [-0.15, -0.1) is 0 Å². The highest BCUT2D eigenvalue weighted by Crippen LogP contribution is 2.21. The number of nitrogens with one attached hydrogen (secondary N) is 2. The van der Waals surface area contributed by atoms with Crippen molar-refractivity contribution in [1.29, 1.82) is 0 Å². The minimum Gasteiger partial charge on any atom is -0.376 e. The summed E-state index contributed by atoms with van der Waals surface area (Å²) in [6, 6.07) is 15.1. The van der Waals surface area contributed by atoms with Crippen LogP contribution in [0.3, 0.4) is 0 Å². The zero-order valence-corrected chi connectivity index (χ0v) is 16.7. The average Bonchev–Trinajstić information content (AvgIpc) is 3.20. The van der Waals surface area contributed by atoms with Crippen LogP contribution in [0.1, 0.15) is 36.4 Å². The van der Waals surface area contributed by atoms with Crippen molar-refractivity contribution in [2.24, 2.45) is 0 Å². The van der Waals surface area contributed by atoms with E-state index in [4.69, 9.17) is 4.74 Å². The Kier molecular flexibility index (Phi) is 6.83. The highest BCUT2D eigenvalue weighted by molar-refractivity contribution is 7.89. The van der Waals surface area contributed by atoms with Gasteiger partial charge in [-0.05, 0) is 37.5 Å². The van der Waals surface area contributed by atoms with Gasteiger partial charge in [-0.1, -0.05) is 48.0 Å². The second-order valence-electron chi connectivity index (χ2n) is 7.04. The van der Waals surface area contributed by atoms with Gasteiger partial charge in [0.05, 0.1) is 17.0 Å². The van der Waals surface area contributed by atoms with Crippen LogP contribution in [-0.2, 0) is 19.6 Å². The highest BCUT2D eigenvalue weighted by Gasteiger charge is 2.24. The van der Waals surface area contributed by atoms with Crippen molar-refractivity contribution >= 4 is 15.9 Å². The minimum absolute atomic E-state index is 0.0157. The lowest BCUT2D eigenvalue weighted by Gasteiger charge is -2.20. The molecule has 0 radical (unpaired) electrons. The van der Waals surface area contributed by atoms with E-state index in [2.05, 4.69) is 10.0 Å². The lowest BCUT2D eigenvalue weighted by atomic mass is 10.0. The molecule has 3 rings (SSSR count).